The van der Waals surface area contributed by atoms with Crippen molar-refractivity contribution >= 4 is 17.3 Å². The normalized spacial score (nSPS) is 16.7. The maximum absolute atomic E-state index is 6.33. The van der Waals surface area contributed by atoms with Crippen LogP contribution in [0.1, 0.15) is 18.9 Å². The second-order valence-electron chi connectivity index (χ2n) is 4.51. The van der Waals surface area contributed by atoms with Crippen molar-refractivity contribution in [2.75, 3.05) is 37.7 Å². The standard InChI is InChI=1S/C14H21ClN2O/c1-2-16-11-12-4-5-13(10-14(12)15)17-6-3-8-18-9-7-17/h4-5,10,16H,2-3,6-9,11H2,1H3. The highest BCUT2D eigenvalue weighted by atomic mass is 35.5. The van der Waals surface area contributed by atoms with Crippen LogP contribution in [0.2, 0.25) is 5.02 Å². The van der Waals surface area contributed by atoms with Crippen molar-refractivity contribution in [1.29, 1.82) is 0 Å². The summed E-state index contributed by atoms with van der Waals surface area (Å²) < 4.78 is 5.47. The van der Waals surface area contributed by atoms with Crippen molar-refractivity contribution in [2.24, 2.45) is 0 Å². The molecule has 100 valence electrons. The van der Waals surface area contributed by atoms with E-state index in [4.69, 9.17) is 16.3 Å². The minimum atomic E-state index is 0.802. The molecule has 4 heteroatoms. The van der Waals surface area contributed by atoms with Crippen LogP contribution in [0.25, 0.3) is 0 Å². The summed E-state index contributed by atoms with van der Waals surface area (Å²) in [6.07, 6.45) is 1.08. The summed E-state index contributed by atoms with van der Waals surface area (Å²) in [5.41, 5.74) is 2.36. The van der Waals surface area contributed by atoms with Gasteiger partial charge in [0.15, 0.2) is 0 Å². The summed E-state index contributed by atoms with van der Waals surface area (Å²) in [6, 6.07) is 6.34. The van der Waals surface area contributed by atoms with Crippen molar-refractivity contribution in [3.05, 3.63) is 28.8 Å². The zero-order chi connectivity index (χ0) is 12.8. The van der Waals surface area contributed by atoms with E-state index < -0.39 is 0 Å². The monoisotopic (exact) mass is 268 g/mol. The maximum Gasteiger partial charge on any atom is 0.0641 e. The Morgan fingerprint density at radius 1 is 1.33 bits per heavy atom. The second-order valence-corrected chi connectivity index (χ2v) is 4.92. The molecule has 2 rings (SSSR count). The first-order chi connectivity index (χ1) is 8.81. The molecular weight excluding hydrogens is 248 g/mol. The van der Waals surface area contributed by atoms with Crippen molar-refractivity contribution in [2.45, 2.75) is 19.9 Å². The van der Waals surface area contributed by atoms with E-state index in [0.29, 0.717) is 0 Å². The summed E-state index contributed by atoms with van der Waals surface area (Å²) in [6.45, 7) is 7.55. The molecule has 3 nitrogen and oxygen atoms in total. The topological polar surface area (TPSA) is 24.5 Å². The number of ether oxygens (including phenoxy) is 1. The van der Waals surface area contributed by atoms with Crippen LogP contribution >= 0.6 is 11.6 Å². The zero-order valence-electron chi connectivity index (χ0n) is 10.9. The Bertz CT molecular complexity index is 376. The number of anilines is 1. The lowest BCUT2D eigenvalue weighted by atomic mass is 10.2. The van der Waals surface area contributed by atoms with E-state index in [0.717, 1.165) is 56.4 Å². The van der Waals surface area contributed by atoms with Gasteiger partial charge in [0.25, 0.3) is 0 Å². The van der Waals surface area contributed by atoms with Gasteiger partial charge >= 0.3 is 0 Å². The van der Waals surface area contributed by atoms with Gasteiger partial charge in [0.05, 0.1) is 6.61 Å². The van der Waals surface area contributed by atoms with Crippen LogP contribution in [0.15, 0.2) is 18.2 Å². The fourth-order valence-electron chi connectivity index (χ4n) is 2.14. The molecule has 1 saturated heterocycles. The Labute approximate surface area is 114 Å². The van der Waals surface area contributed by atoms with Crippen molar-refractivity contribution in [3.8, 4) is 0 Å². The molecule has 0 radical (unpaired) electrons. The lowest BCUT2D eigenvalue weighted by Gasteiger charge is -2.22. The van der Waals surface area contributed by atoms with Crippen molar-refractivity contribution in [3.63, 3.8) is 0 Å². The summed E-state index contributed by atoms with van der Waals surface area (Å²) in [7, 11) is 0. The molecule has 1 N–H and O–H groups in total. The average Bonchev–Trinajstić information content (AvgIpc) is 2.66. The van der Waals surface area contributed by atoms with Crippen molar-refractivity contribution < 1.29 is 4.74 Å². The van der Waals surface area contributed by atoms with E-state index in [1.807, 2.05) is 0 Å². The third kappa shape index (κ3) is 3.61. The molecule has 18 heavy (non-hydrogen) atoms. The van der Waals surface area contributed by atoms with Gasteiger partial charge in [-0.1, -0.05) is 24.6 Å². The fraction of sp³-hybridized carbons (Fsp3) is 0.571. The van der Waals surface area contributed by atoms with Gasteiger partial charge in [-0.2, -0.15) is 0 Å². The lowest BCUT2D eigenvalue weighted by molar-refractivity contribution is 0.152. The zero-order valence-corrected chi connectivity index (χ0v) is 11.7. The van der Waals surface area contributed by atoms with E-state index in [9.17, 15) is 0 Å². The molecule has 1 aliphatic rings. The molecule has 0 aliphatic carbocycles. The van der Waals surface area contributed by atoms with Crippen LogP contribution in [0, 0.1) is 0 Å². The number of nitrogens with zero attached hydrogens (tertiary/aromatic N) is 1. The lowest BCUT2D eigenvalue weighted by Crippen LogP contribution is -2.25. The molecule has 0 amide bonds. The molecule has 1 aromatic carbocycles. The average molecular weight is 269 g/mol. The van der Waals surface area contributed by atoms with E-state index in [2.05, 4.69) is 35.3 Å². The van der Waals surface area contributed by atoms with Gasteiger partial charge in [-0.25, -0.2) is 0 Å². The summed E-state index contributed by atoms with van der Waals surface area (Å²) in [5.74, 6) is 0. The van der Waals surface area contributed by atoms with Gasteiger partial charge in [-0.15, -0.1) is 0 Å². The van der Waals surface area contributed by atoms with Crippen LogP contribution in [0.4, 0.5) is 5.69 Å². The fourth-order valence-corrected chi connectivity index (χ4v) is 2.38. The van der Waals surface area contributed by atoms with Gasteiger partial charge in [0.2, 0.25) is 0 Å². The Hall–Kier alpha value is -0.770. The predicted molar refractivity (Wildman–Crippen MR) is 76.5 cm³/mol. The summed E-state index contributed by atoms with van der Waals surface area (Å²) >= 11 is 6.33. The van der Waals surface area contributed by atoms with Crippen LogP contribution in [0.3, 0.4) is 0 Å². The summed E-state index contributed by atoms with van der Waals surface area (Å²) in [5, 5.41) is 4.14. The number of halogens is 1. The quantitative estimate of drug-likeness (QED) is 0.909. The number of hydrogen-bond donors (Lipinski definition) is 1. The number of hydrogen-bond acceptors (Lipinski definition) is 3. The molecule has 0 bridgehead atoms. The van der Waals surface area contributed by atoms with Crippen LogP contribution in [-0.2, 0) is 11.3 Å². The Balaban J connectivity index is 2.06. The molecule has 0 saturated carbocycles. The SMILES string of the molecule is CCNCc1ccc(N2CCCOCC2)cc1Cl. The van der Waals surface area contributed by atoms with Gasteiger partial charge in [-0.3, -0.25) is 0 Å². The highest BCUT2D eigenvalue weighted by Crippen LogP contribution is 2.24. The molecule has 0 unspecified atom stereocenters. The van der Waals surface area contributed by atoms with E-state index in [-0.39, 0.29) is 0 Å². The number of benzene rings is 1. The third-order valence-corrected chi connectivity index (χ3v) is 3.54. The van der Waals surface area contributed by atoms with Crippen molar-refractivity contribution in [1.82, 2.24) is 5.32 Å². The van der Waals surface area contributed by atoms with E-state index in [1.54, 1.807) is 0 Å². The molecule has 1 fully saturated rings. The Morgan fingerprint density at radius 2 is 2.22 bits per heavy atom. The molecule has 0 aromatic heterocycles. The Morgan fingerprint density at radius 3 is 3.00 bits per heavy atom. The van der Waals surface area contributed by atoms with Crippen LogP contribution in [-0.4, -0.2) is 32.8 Å². The first kappa shape index (κ1) is 13.7. The van der Waals surface area contributed by atoms with Crippen LogP contribution in [0.5, 0.6) is 0 Å². The molecule has 0 spiro atoms. The number of rotatable bonds is 4. The highest BCUT2D eigenvalue weighted by molar-refractivity contribution is 6.31. The molecule has 1 aromatic rings. The van der Waals surface area contributed by atoms with Gasteiger partial charge in [0.1, 0.15) is 0 Å². The van der Waals surface area contributed by atoms with Gasteiger partial charge in [0, 0.05) is 37.0 Å². The van der Waals surface area contributed by atoms with Crippen LogP contribution < -0.4 is 10.2 Å². The number of nitrogens with one attached hydrogen (secondary N) is 1. The molecular formula is C14H21ClN2O. The van der Waals surface area contributed by atoms with Gasteiger partial charge in [-0.05, 0) is 30.7 Å². The third-order valence-electron chi connectivity index (χ3n) is 3.19. The first-order valence-electron chi connectivity index (χ1n) is 6.63. The van der Waals surface area contributed by atoms with E-state index >= 15 is 0 Å². The summed E-state index contributed by atoms with van der Waals surface area (Å²) in [4.78, 5) is 2.34. The second kappa shape index (κ2) is 6.98. The van der Waals surface area contributed by atoms with Gasteiger partial charge < -0.3 is 15.0 Å². The predicted octanol–water partition coefficient (Wildman–Crippen LogP) is 2.68. The minimum Gasteiger partial charge on any atom is -0.380 e. The van der Waals surface area contributed by atoms with E-state index in [1.165, 1.54) is 5.69 Å². The smallest absolute Gasteiger partial charge is 0.0641 e. The molecule has 1 heterocycles. The first-order valence-corrected chi connectivity index (χ1v) is 7.01. The highest BCUT2D eigenvalue weighted by Gasteiger charge is 2.11. The largest absolute Gasteiger partial charge is 0.380 e. The minimum absolute atomic E-state index is 0.802. The maximum atomic E-state index is 6.33. The Kier molecular flexibility index (Phi) is 5.29. The molecule has 0 atom stereocenters. The molecule has 1 aliphatic heterocycles.